The summed E-state index contributed by atoms with van der Waals surface area (Å²) >= 11 is 0. The lowest BCUT2D eigenvalue weighted by molar-refractivity contribution is -0.143. The molecule has 3 fully saturated rings. The van der Waals surface area contributed by atoms with Gasteiger partial charge >= 0.3 is 0 Å². The van der Waals surface area contributed by atoms with E-state index >= 15 is 0 Å². The Hall–Kier alpha value is -1.63. The highest BCUT2D eigenvalue weighted by molar-refractivity contribution is 5.82. The van der Waals surface area contributed by atoms with Gasteiger partial charge in [0.05, 0.1) is 12.5 Å². The molecule has 0 radical (unpaired) electrons. The van der Waals surface area contributed by atoms with E-state index in [1.54, 1.807) is 0 Å². The Morgan fingerprint density at radius 2 is 1.56 bits per heavy atom. The number of hydrogen-bond acceptors (Lipinski definition) is 4. The molecule has 3 aliphatic heterocycles. The van der Waals surface area contributed by atoms with Crippen LogP contribution in [0.1, 0.15) is 51.4 Å². The van der Waals surface area contributed by atoms with Gasteiger partial charge in [0.1, 0.15) is 0 Å². The van der Waals surface area contributed by atoms with E-state index in [0.29, 0.717) is 39.3 Å². The third-order valence-corrected chi connectivity index (χ3v) is 6.03. The minimum Gasteiger partial charge on any atom is -0.381 e. The number of hydrogen-bond donors (Lipinski definition) is 1. The van der Waals surface area contributed by atoms with Crippen molar-refractivity contribution >= 4 is 17.7 Å². The average Bonchev–Trinajstić information content (AvgIpc) is 3.21. The molecule has 1 atom stereocenters. The maximum absolute atomic E-state index is 13.0. The molecule has 0 spiro atoms. The summed E-state index contributed by atoms with van der Waals surface area (Å²) in [5.41, 5.74) is 0. The van der Waals surface area contributed by atoms with Crippen LogP contribution in [0.2, 0.25) is 0 Å². The number of rotatable bonds is 2. The third kappa shape index (κ3) is 5.67. The van der Waals surface area contributed by atoms with Gasteiger partial charge in [-0.1, -0.05) is 12.8 Å². The summed E-state index contributed by atoms with van der Waals surface area (Å²) in [5.74, 6) is 0.362. The van der Waals surface area contributed by atoms with Crippen LogP contribution in [0.15, 0.2) is 0 Å². The second kappa shape index (κ2) is 10.1. The van der Waals surface area contributed by atoms with Crippen LogP contribution in [0.4, 0.5) is 0 Å². The van der Waals surface area contributed by atoms with Crippen molar-refractivity contribution in [3.63, 3.8) is 0 Å². The van der Waals surface area contributed by atoms with E-state index in [4.69, 9.17) is 4.74 Å². The fourth-order valence-electron chi connectivity index (χ4n) is 4.26. The molecule has 0 aliphatic carbocycles. The number of carbonyl (C=O) groups excluding carboxylic acids is 3. The van der Waals surface area contributed by atoms with Gasteiger partial charge in [-0.3, -0.25) is 14.4 Å². The number of nitrogens with one attached hydrogen (secondary N) is 1. The van der Waals surface area contributed by atoms with Gasteiger partial charge in [-0.05, 0) is 32.1 Å². The average molecular weight is 380 g/mol. The zero-order valence-corrected chi connectivity index (χ0v) is 16.3. The Labute approximate surface area is 161 Å². The number of likely N-dealkylation sites (tertiary alicyclic amines) is 1. The van der Waals surface area contributed by atoms with Crippen molar-refractivity contribution < 1.29 is 19.1 Å². The fraction of sp³-hybridized carbons (Fsp3) is 0.850. The summed E-state index contributed by atoms with van der Waals surface area (Å²) in [6.45, 7) is 4.50. The first-order valence-electron chi connectivity index (χ1n) is 10.6. The fourth-order valence-corrected chi connectivity index (χ4v) is 4.26. The second-order valence-corrected chi connectivity index (χ2v) is 8.00. The highest BCUT2D eigenvalue weighted by Crippen LogP contribution is 2.24. The first kappa shape index (κ1) is 20.1. The van der Waals surface area contributed by atoms with Crippen molar-refractivity contribution in [2.75, 3.05) is 45.9 Å². The molecule has 3 saturated heterocycles. The SMILES string of the molecule is O=C1CCN(C(=O)C2CCN(C(=O)C3CCOC3)CC2)CCCCCCN1. The number of ether oxygens (including phenoxy) is 1. The second-order valence-electron chi connectivity index (χ2n) is 8.00. The molecule has 0 saturated carbocycles. The maximum Gasteiger partial charge on any atom is 0.228 e. The molecular weight excluding hydrogens is 346 g/mol. The minimum atomic E-state index is -0.0259. The lowest BCUT2D eigenvalue weighted by Crippen LogP contribution is -2.46. The Kier molecular flexibility index (Phi) is 7.50. The highest BCUT2D eigenvalue weighted by Gasteiger charge is 2.33. The molecule has 3 amide bonds. The van der Waals surface area contributed by atoms with Crippen molar-refractivity contribution in [3.05, 3.63) is 0 Å². The van der Waals surface area contributed by atoms with Gasteiger partial charge in [-0.2, -0.15) is 0 Å². The van der Waals surface area contributed by atoms with E-state index in [9.17, 15) is 14.4 Å². The first-order chi connectivity index (χ1) is 13.1. The largest absolute Gasteiger partial charge is 0.381 e. The molecule has 3 rings (SSSR count). The molecule has 3 heterocycles. The van der Waals surface area contributed by atoms with E-state index in [1.807, 2.05) is 9.80 Å². The minimum absolute atomic E-state index is 0.00161. The predicted octanol–water partition coefficient (Wildman–Crippen LogP) is 1.17. The van der Waals surface area contributed by atoms with Gasteiger partial charge in [-0.15, -0.1) is 0 Å². The van der Waals surface area contributed by atoms with E-state index in [0.717, 1.165) is 58.0 Å². The summed E-state index contributed by atoms with van der Waals surface area (Å²) in [7, 11) is 0. The topological polar surface area (TPSA) is 79.0 Å². The van der Waals surface area contributed by atoms with Gasteiger partial charge < -0.3 is 19.9 Å². The molecule has 3 aliphatic rings. The molecule has 1 N–H and O–H groups in total. The maximum atomic E-state index is 13.0. The van der Waals surface area contributed by atoms with Crippen molar-refractivity contribution in [1.82, 2.24) is 15.1 Å². The number of piperidine rings is 1. The van der Waals surface area contributed by atoms with Crippen LogP contribution in [-0.2, 0) is 19.1 Å². The first-order valence-corrected chi connectivity index (χ1v) is 10.6. The van der Waals surface area contributed by atoms with Crippen molar-refractivity contribution in [2.45, 2.75) is 51.4 Å². The third-order valence-electron chi connectivity index (χ3n) is 6.03. The molecule has 7 heteroatoms. The van der Waals surface area contributed by atoms with E-state index < -0.39 is 0 Å². The number of nitrogens with zero attached hydrogens (tertiary/aromatic N) is 2. The molecule has 152 valence electrons. The highest BCUT2D eigenvalue weighted by atomic mass is 16.5. The molecule has 0 aromatic carbocycles. The zero-order chi connectivity index (χ0) is 19.1. The summed E-state index contributed by atoms with van der Waals surface area (Å²) in [6, 6.07) is 0. The van der Waals surface area contributed by atoms with Crippen LogP contribution in [0.5, 0.6) is 0 Å². The van der Waals surface area contributed by atoms with Crippen molar-refractivity contribution in [2.24, 2.45) is 11.8 Å². The summed E-state index contributed by atoms with van der Waals surface area (Å²) < 4.78 is 5.33. The normalized spacial score (nSPS) is 26.4. The Bertz CT molecular complexity index is 525. The summed E-state index contributed by atoms with van der Waals surface area (Å²) in [6.07, 6.45) is 6.83. The lowest BCUT2D eigenvalue weighted by atomic mass is 9.93. The molecular formula is C20H33N3O4. The zero-order valence-electron chi connectivity index (χ0n) is 16.3. The van der Waals surface area contributed by atoms with E-state index in [2.05, 4.69) is 5.32 Å². The van der Waals surface area contributed by atoms with Gasteiger partial charge in [0, 0.05) is 51.7 Å². The van der Waals surface area contributed by atoms with Crippen LogP contribution in [-0.4, -0.2) is 73.5 Å². The molecule has 0 aromatic rings. The number of amides is 3. The van der Waals surface area contributed by atoms with Gasteiger partial charge in [0.25, 0.3) is 0 Å². The molecule has 0 bridgehead atoms. The van der Waals surface area contributed by atoms with Crippen LogP contribution in [0.3, 0.4) is 0 Å². The number of carbonyl (C=O) groups is 3. The van der Waals surface area contributed by atoms with Crippen LogP contribution in [0.25, 0.3) is 0 Å². The summed E-state index contributed by atoms with van der Waals surface area (Å²) in [4.78, 5) is 41.2. The van der Waals surface area contributed by atoms with E-state index in [-0.39, 0.29) is 29.6 Å². The van der Waals surface area contributed by atoms with Crippen molar-refractivity contribution in [1.29, 1.82) is 0 Å². The smallest absolute Gasteiger partial charge is 0.228 e. The standard InChI is InChI=1S/C20H33N3O4/c24-18-7-13-22(10-4-2-1-3-9-21-18)19(25)16-5-11-23(12-6-16)20(26)17-8-14-27-15-17/h16-17H,1-15H2,(H,21,24). The predicted molar refractivity (Wildman–Crippen MR) is 101 cm³/mol. The quantitative estimate of drug-likeness (QED) is 0.781. The Morgan fingerprint density at radius 3 is 2.30 bits per heavy atom. The molecule has 7 nitrogen and oxygen atoms in total. The molecule has 27 heavy (non-hydrogen) atoms. The van der Waals surface area contributed by atoms with E-state index in [1.165, 1.54) is 0 Å². The lowest BCUT2D eigenvalue weighted by Gasteiger charge is -2.35. The molecule has 1 unspecified atom stereocenters. The van der Waals surface area contributed by atoms with Crippen LogP contribution >= 0.6 is 0 Å². The van der Waals surface area contributed by atoms with Gasteiger partial charge in [0.15, 0.2) is 0 Å². The van der Waals surface area contributed by atoms with Crippen molar-refractivity contribution in [3.8, 4) is 0 Å². The van der Waals surface area contributed by atoms with Gasteiger partial charge in [0.2, 0.25) is 17.7 Å². The molecule has 0 aromatic heterocycles. The summed E-state index contributed by atoms with van der Waals surface area (Å²) in [5, 5.41) is 2.93. The van der Waals surface area contributed by atoms with Crippen LogP contribution < -0.4 is 5.32 Å². The monoisotopic (exact) mass is 379 g/mol. The Balaban J connectivity index is 1.50. The Morgan fingerprint density at radius 1 is 0.852 bits per heavy atom. The van der Waals surface area contributed by atoms with Gasteiger partial charge in [-0.25, -0.2) is 0 Å². The van der Waals surface area contributed by atoms with Crippen LogP contribution in [0, 0.1) is 11.8 Å².